The van der Waals surface area contributed by atoms with Crippen molar-refractivity contribution < 1.29 is 18.4 Å². The van der Waals surface area contributed by atoms with Gasteiger partial charge in [0.25, 0.3) is 17.7 Å². The second-order valence-corrected chi connectivity index (χ2v) is 9.27. The second-order valence-electron chi connectivity index (χ2n) is 9.27. The van der Waals surface area contributed by atoms with Crippen LogP contribution in [0.3, 0.4) is 0 Å². The number of hydrogen-bond acceptors (Lipinski definition) is 5. The molecule has 1 saturated carbocycles. The number of pyridine rings is 2. The topological polar surface area (TPSA) is 97.9 Å². The summed E-state index contributed by atoms with van der Waals surface area (Å²) in [5.74, 6) is -2.86. The van der Waals surface area contributed by atoms with Crippen molar-refractivity contribution in [3.8, 4) is 5.69 Å². The van der Waals surface area contributed by atoms with E-state index < -0.39 is 5.92 Å². The van der Waals surface area contributed by atoms with Gasteiger partial charge in [-0.15, -0.1) is 0 Å². The molecule has 0 spiro atoms. The van der Waals surface area contributed by atoms with Gasteiger partial charge in [0.05, 0.1) is 29.1 Å². The number of rotatable bonds is 5. The molecule has 2 amide bonds. The lowest BCUT2D eigenvalue weighted by Gasteiger charge is -2.31. The Kier molecular flexibility index (Phi) is 5.27. The Bertz CT molecular complexity index is 1460. The van der Waals surface area contributed by atoms with E-state index in [-0.39, 0.29) is 37.7 Å². The van der Waals surface area contributed by atoms with Crippen molar-refractivity contribution in [2.45, 2.75) is 37.6 Å². The van der Waals surface area contributed by atoms with Gasteiger partial charge in [0.2, 0.25) is 0 Å². The fourth-order valence-electron chi connectivity index (χ4n) is 4.39. The van der Waals surface area contributed by atoms with Gasteiger partial charge in [0.15, 0.2) is 5.82 Å². The average Bonchev–Trinajstić information content (AvgIpc) is 3.48. The lowest BCUT2D eigenvalue weighted by Crippen LogP contribution is -2.42. The summed E-state index contributed by atoms with van der Waals surface area (Å²) in [6, 6.07) is 7.41. The molecule has 4 aromatic rings. The zero-order chi connectivity index (χ0) is 24.9. The third kappa shape index (κ3) is 4.32. The highest BCUT2D eigenvalue weighted by atomic mass is 19.3. The first kappa shape index (κ1) is 22.3. The standard InChI is InChI=1S/C25H23F2N7O2/c26-25(27)5-9-32(10-6-25)24(36)18-11-16-3-7-33(22(16)29-14-18)20-12-17(13-28-15-20)23(35)30-21-4-8-34(31-21)19-1-2-19/h3-4,7-8,11-15,19H,1-2,5-6,9-10H2,(H,30,31,35). The molecular formula is C25H23F2N7O2. The number of likely N-dealkylation sites (tertiary alicyclic amines) is 1. The van der Waals surface area contributed by atoms with Crippen LogP contribution in [0.2, 0.25) is 0 Å². The number of alkyl halides is 2. The van der Waals surface area contributed by atoms with Gasteiger partial charge < -0.3 is 10.2 Å². The van der Waals surface area contributed by atoms with Crippen molar-refractivity contribution in [2.75, 3.05) is 18.4 Å². The van der Waals surface area contributed by atoms with Gasteiger partial charge in [-0.05, 0) is 31.0 Å². The van der Waals surface area contributed by atoms with E-state index in [9.17, 15) is 18.4 Å². The number of aromatic nitrogens is 5. The number of carbonyl (C=O) groups excluding carboxylic acids is 2. The van der Waals surface area contributed by atoms with E-state index in [0.29, 0.717) is 39.7 Å². The van der Waals surface area contributed by atoms with Crippen LogP contribution in [-0.4, -0.2) is 60.0 Å². The fourth-order valence-corrected chi connectivity index (χ4v) is 4.39. The molecule has 0 bridgehead atoms. The van der Waals surface area contributed by atoms with Gasteiger partial charge in [-0.3, -0.25) is 23.8 Å². The van der Waals surface area contributed by atoms with Crippen molar-refractivity contribution >= 4 is 28.7 Å². The zero-order valence-corrected chi connectivity index (χ0v) is 19.3. The summed E-state index contributed by atoms with van der Waals surface area (Å²) >= 11 is 0. The monoisotopic (exact) mass is 491 g/mol. The molecule has 36 heavy (non-hydrogen) atoms. The molecule has 11 heteroatoms. The van der Waals surface area contributed by atoms with Gasteiger partial charge >= 0.3 is 0 Å². The Morgan fingerprint density at radius 2 is 1.81 bits per heavy atom. The number of piperidine rings is 1. The molecule has 2 fully saturated rings. The molecule has 184 valence electrons. The molecule has 5 heterocycles. The van der Waals surface area contributed by atoms with Gasteiger partial charge in [0.1, 0.15) is 5.65 Å². The molecule has 6 rings (SSSR count). The molecule has 4 aromatic heterocycles. The van der Waals surface area contributed by atoms with Gasteiger partial charge in [-0.25, -0.2) is 13.8 Å². The van der Waals surface area contributed by atoms with E-state index in [1.54, 1.807) is 41.2 Å². The van der Waals surface area contributed by atoms with Gasteiger partial charge in [-0.1, -0.05) is 0 Å². The Morgan fingerprint density at radius 3 is 2.58 bits per heavy atom. The third-order valence-corrected chi connectivity index (χ3v) is 6.59. The van der Waals surface area contributed by atoms with Crippen molar-refractivity contribution in [2.24, 2.45) is 0 Å². The Hall–Kier alpha value is -4.15. The van der Waals surface area contributed by atoms with Crippen LogP contribution in [0.4, 0.5) is 14.6 Å². The fraction of sp³-hybridized carbons (Fsp3) is 0.320. The number of fused-ring (bicyclic) bond motifs is 1. The van der Waals surface area contributed by atoms with E-state index in [2.05, 4.69) is 20.4 Å². The highest BCUT2D eigenvalue weighted by Gasteiger charge is 2.36. The SMILES string of the molecule is O=C(Nc1ccn(C2CC2)n1)c1cncc(-n2ccc3cc(C(=O)N4CCC(F)(F)CC4)cnc32)c1. The zero-order valence-electron chi connectivity index (χ0n) is 19.3. The summed E-state index contributed by atoms with van der Waals surface area (Å²) in [7, 11) is 0. The van der Waals surface area contributed by atoms with E-state index in [1.807, 2.05) is 10.9 Å². The lowest BCUT2D eigenvalue weighted by atomic mass is 10.1. The number of amides is 2. The van der Waals surface area contributed by atoms with Crippen LogP contribution in [0.1, 0.15) is 52.4 Å². The maximum Gasteiger partial charge on any atom is 0.258 e. The maximum atomic E-state index is 13.4. The minimum atomic E-state index is -2.71. The molecule has 1 saturated heterocycles. The number of nitrogens with zero attached hydrogens (tertiary/aromatic N) is 6. The predicted octanol–water partition coefficient (Wildman–Crippen LogP) is 4.08. The van der Waals surface area contributed by atoms with E-state index in [0.717, 1.165) is 12.8 Å². The second kappa shape index (κ2) is 8.51. The largest absolute Gasteiger partial charge is 0.338 e. The van der Waals surface area contributed by atoms with Crippen molar-refractivity contribution in [3.63, 3.8) is 0 Å². The molecule has 0 aromatic carbocycles. The molecule has 1 N–H and O–H groups in total. The van der Waals surface area contributed by atoms with Crippen LogP contribution < -0.4 is 5.32 Å². The van der Waals surface area contributed by atoms with Gasteiger partial charge in [-0.2, -0.15) is 5.10 Å². The molecule has 0 unspecified atom stereocenters. The first-order valence-corrected chi connectivity index (χ1v) is 11.8. The Labute approximate surface area is 204 Å². The van der Waals surface area contributed by atoms with Crippen LogP contribution in [0.5, 0.6) is 0 Å². The summed E-state index contributed by atoms with van der Waals surface area (Å²) < 4.78 is 30.5. The summed E-state index contributed by atoms with van der Waals surface area (Å²) in [4.78, 5) is 35.7. The number of hydrogen-bond donors (Lipinski definition) is 1. The van der Waals surface area contributed by atoms with E-state index in [1.165, 1.54) is 17.3 Å². The summed E-state index contributed by atoms with van der Waals surface area (Å²) in [5, 5.41) is 7.91. The van der Waals surface area contributed by atoms with Gasteiger partial charge in [0, 0.05) is 62.2 Å². The maximum absolute atomic E-state index is 13.4. The summed E-state index contributed by atoms with van der Waals surface area (Å²) in [6.45, 7) is 0.0401. The highest BCUT2D eigenvalue weighted by molar-refractivity contribution is 6.04. The summed E-state index contributed by atoms with van der Waals surface area (Å²) in [5.41, 5.74) is 1.93. The molecule has 0 radical (unpaired) electrons. The van der Waals surface area contributed by atoms with Crippen LogP contribution in [0.25, 0.3) is 16.7 Å². The molecule has 1 aliphatic heterocycles. The minimum absolute atomic E-state index is 0.0201. The smallest absolute Gasteiger partial charge is 0.258 e. The van der Waals surface area contributed by atoms with Crippen molar-refractivity contribution in [1.29, 1.82) is 0 Å². The molecular weight excluding hydrogens is 468 g/mol. The molecule has 2 aliphatic rings. The predicted molar refractivity (Wildman–Crippen MR) is 127 cm³/mol. The van der Waals surface area contributed by atoms with Crippen molar-refractivity contribution in [3.05, 3.63) is 66.4 Å². The molecule has 9 nitrogen and oxygen atoms in total. The third-order valence-electron chi connectivity index (χ3n) is 6.59. The lowest BCUT2D eigenvalue weighted by molar-refractivity contribution is -0.0494. The number of carbonyl (C=O) groups is 2. The molecule has 0 atom stereocenters. The Morgan fingerprint density at radius 1 is 1.00 bits per heavy atom. The van der Waals surface area contributed by atoms with E-state index in [4.69, 9.17) is 0 Å². The van der Waals surface area contributed by atoms with Crippen LogP contribution in [0.15, 0.2) is 55.2 Å². The average molecular weight is 492 g/mol. The number of nitrogens with one attached hydrogen (secondary N) is 1. The first-order chi connectivity index (χ1) is 17.4. The Balaban J connectivity index is 1.20. The van der Waals surface area contributed by atoms with Crippen LogP contribution in [0, 0.1) is 0 Å². The van der Waals surface area contributed by atoms with Crippen LogP contribution in [-0.2, 0) is 0 Å². The number of halogens is 2. The normalized spacial score (nSPS) is 17.3. The van der Waals surface area contributed by atoms with Crippen molar-refractivity contribution in [1.82, 2.24) is 29.2 Å². The highest BCUT2D eigenvalue weighted by Crippen LogP contribution is 2.34. The minimum Gasteiger partial charge on any atom is -0.338 e. The number of anilines is 1. The molecule has 1 aliphatic carbocycles. The van der Waals surface area contributed by atoms with E-state index >= 15 is 0 Å². The first-order valence-electron chi connectivity index (χ1n) is 11.8. The van der Waals surface area contributed by atoms with Crippen LogP contribution >= 0.6 is 0 Å². The summed E-state index contributed by atoms with van der Waals surface area (Å²) in [6.07, 6.45) is 9.74. The quantitative estimate of drug-likeness (QED) is 0.454.